The first kappa shape index (κ1) is 11.2. The van der Waals surface area contributed by atoms with Gasteiger partial charge in [0.25, 0.3) is 0 Å². The molecule has 0 bridgehead atoms. The molecule has 0 fully saturated rings. The van der Waals surface area contributed by atoms with Crippen LogP contribution in [0.15, 0.2) is 0 Å². The van der Waals surface area contributed by atoms with Gasteiger partial charge >= 0.3 is 5.97 Å². The van der Waals surface area contributed by atoms with Gasteiger partial charge in [-0.25, -0.2) is 0 Å². The third-order valence-corrected chi connectivity index (χ3v) is 0.544. The third-order valence-electron chi connectivity index (χ3n) is 0.544. The number of rotatable bonds is 2. The van der Waals surface area contributed by atoms with E-state index in [-0.39, 0.29) is 19.0 Å². The van der Waals surface area contributed by atoms with Crippen LogP contribution in [0.1, 0.15) is 6.42 Å². The van der Waals surface area contributed by atoms with E-state index in [1.165, 1.54) is 7.11 Å². The average molecular weight is 136 g/mol. The van der Waals surface area contributed by atoms with Crippen LogP contribution >= 0.6 is 0 Å². The molecule has 0 aromatic heterocycles. The Kier molecular flexibility index (Phi) is 13.0. The third kappa shape index (κ3) is 11.1. The largest absolute Gasteiger partial charge is 0.469 e. The quantitative estimate of drug-likeness (QED) is 0.485. The molecule has 0 aromatic rings. The number of carbonyl (C=O) groups is 1. The molecule has 0 spiro atoms. The summed E-state index contributed by atoms with van der Waals surface area (Å²) >= 11 is 0. The van der Waals surface area contributed by atoms with Crippen molar-refractivity contribution < 1.29 is 19.7 Å². The standard InChI is InChI=1S/C4H8O3.CH4O/c1-7-4(6)2-3-5;1-2/h5H,2-3H2,1H3;2H,1H3. The fraction of sp³-hybridized carbons (Fsp3) is 0.800. The average Bonchev–Trinajstić information content (AvgIpc) is 1.93. The van der Waals surface area contributed by atoms with Gasteiger partial charge in [0.2, 0.25) is 0 Å². The molecule has 0 aliphatic heterocycles. The van der Waals surface area contributed by atoms with Crippen LogP contribution in [0, 0.1) is 0 Å². The lowest BCUT2D eigenvalue weighted by molar-refractivity contribution is -0.141. The maximum absolute atomic E-state index is 10.0. The van der Waals surface area contributed by atoms with E-state index in [9.17, 15) is 4.79 Å². The van der Waals surface area contributed by atoms with E-state index in [0.717, 1.165) is 7.11 Å². The molecule has 0 saturated carbocycles. The minimum atomic E-state index is -0.373. The summed E-state index contributed by atoms with van der Waals surface area (Å²) in [5.41, 5.74) is 0. The molecule has 4 heteroatoms. The van der Waals surface area contributed by atoms with Gasteiger partial charge in [-0.15, -0.1) is 0 Å². The summed E-state index contributed by atoms with van der Waals surface area (Å²) in [4.78, 5) is 10.0. The minimum Gasteiger partial charge on any atom is -0.469 e. The van der Waals surface area contributed by atoms with Crippen molar-refractivity contribution in [2.24, 2.45) is 0 Å². The molecule has 0 heterocycles. The lowest BCUT2D eigenvalue weighted by atomic mass is 10.5. The van der Waals surface area contributed by atoms with Crippen LogP contribution < -0.4 is 0 Å². The van der Waals surface area contributed by atoms with E-state index < -0.39 is 0 Å². The molecule has 2 N–H and O–H groups in total. The maximum Gasteiger partial charge on any atom is 0.307 e. The second kappa shape index (κ2) is 10.4. The second-order valence-electron chi connectivity index (χ2n) is 1.05. The van der Waals surface area contributed by atoms with E-state index in [4.69, 9.17) is 10.2 Å². The van der Waals surface area contributed by atoms with Crippen molar-refractivity contribution in [3.05, 3.63) is 0 Å². The van der Waals surface area contributed by atoms with E-state index >= 15 is 0 Å². The highest BCUT2D eigenvalue weighted by Gasteiger charge is 1.93. The van der Waals surface area contributed by atoms with Gasteiger partial charge in [-0.2, -0.15) is 0 Å². The van der Waals surface area contributed by atoms with Crippen LogP contribution in [-0.2, 0) is 9.53 Å². The van der Waals surface area contributed by atoms with Crippen molar-refractivity contribution in [1.29, 1.82) is 0 Å². The number of methoxy groups -OCH3 is 1. The van der Waals surface area contributed by atoms with E-state index in [1.807, 2.05) is 0 Å². The lowest BCUT2D eigenvalue weighted by Crippen LogP contribution is -2.01. The Balaban J connectivity index is 0. The predicted octanol–water partition coefficient (Wildman–Crippen LogP) is -0.850. The fourth-order valence-electron chi connectivity index (χ4n) is 0.193. The van der Waals surface area contributed by atoms with Gasteiger partial charge in [-0.05, 0) is 0 Å². The first-order chi connectivity index (χ1) is 4.31. The van der Waals surface area contributed by atoms with E-state index in [2.05, 4.69) is 4.74 Å². The summed E-state index contributed by atoms with van der Waals surface area (Å²) in [6.45, 7) is -0.132. The number of aliphatic hydroxyl groups excluding tert-OH is 2. The summed E-state index contributed by atoms with van der Waals surface area (Å²) in [6, 6.07) is 0. The van der Waals surface area contributed by atoms with Crippen LogP contribution in [0.4, 0.5) is 0 Å². The van der Waals surface area contributed by atoms with Crippen LogP contribution in [-0.4, -0.2) is 37.0 Å². The molecular weight excluding hydrogens is 124 g/mol. The van der Waals surface area contributed by atoms with Crippen LogP contribution in [0.3, 0.4) is 0 Å². The fourth-order valence-corrected chi connectivity index (χ4v) is 0.193. The van der Waals surface area contributed by atoms with Gasteiger partial charge in [-0.1, -0.05) is 0 Å². The Hall–Kier alpha value is -0.610. The van der Waals surface area contributed by atoms with Gasteiger partial charge < -0.3 is 14.9 Å². The van der Waals surface area contributed by atoms with Crippen LogP contribution in [0.25, 0.3) is 0 Å². The van der Waals surface area contributed by atoms with Crippen molar-refractivity contribution in [3.8, 4) is 0 Å². The van der Waals surface area contributed by atoms with Gasteiger partial charge in [0.1, 0.15) is 0 Å². The van der Waals surface area contributed by atoms with Crippen LogP contribution in [0.5, 0.6) is 0 Å². The summed E-state index contributed by atoms with van der Waals surface area (Å²) in [5, 5.41) is 15.1. The minimum absolute atomic E-state index is 0.0938. The number of hydrogen-bond donors (Lipinski definition) is 2. The Labute approximate surface area is 54.1 Å². The van der Waals surface area contributed by atoms with E-state index in [0.29, 0.717) is 0 Å². The van der Waals surface area contributed by atoms with E-state index in [1.54, 1.807) is 0 Å². The Morgan fingerprint density at radius 2 is 2.00 bits per heavy atom. The lowest BCUT2D eigenvalue weighted by Gasteiger charge is -1.90. The molecular formula is C5H12O4. The smallest absolute Gasteiger partial charge is 0.307 e. The highest BCUT2D eigenvalue weighted by molar-refractivity contribution is 5.69. The number of esters is 1. The molecule has 0 aliphatic rings. The van der Waals surface area contributed by atoms with Gasteiger partial charge in [-0.3, -0.25) is 4.79 Å². The summed E-state index contributed by atoms with van der Waals surface area (Å²) in [6.07, 6.45) is 0.0938. The molecule has 0 rings (SSSR count). The normalized spacial score (nSPS) is 7.11. The van der Waals surface area contributed by atoms with Crippen molar-refractivity contribution in [2.75, 3.05) is 20.8 Å². The molecule has 0 amide bonds. The zero-order chi connectivity index (χ0) is 7.70. The Morgan fingerprint density at radius 3 is 2.11 bits per heavy atom. The van der Waals surface area contributed by atoms with Crippen molar-refractivity contribution in [3.63, 3.8) is 0 Å². The molecule has 9 heavy (non-hydrogen) atoms. The first-order valence-electron chi connectivity index (χ1n) is 2.43. The van der Waals surface area contributed by atoms with Gasteiger partial charge in [0.05, 0.1) is 20.1 Å². The van der Waals surface area contributed by atoms with Gasteiger partial charge in [0, 0.05) is 7.11 Å². The number of carbonyl (C=O) groups excluding carboxylic acids is 1. The van der Waals surface area contributed by atoms with Crippen LogP contribution in [0.2, 0.25) is 0 Å². The second-order valence-corrected chi connectivity index (χ2v) is 1.05. The monoisotopic (exact) mass is 136 g/mol. The molecule has 0 unspecified atom stereocenters. The zero-order valence-corrected chi connectivity index (χ0v) is 5.63. The number of ether oxygens (including phenoxy) is 1. The summed E-state index contributed by atoms with van der Waals surface area (Å²) in [7, 11) is 2.29. The molecule has 0 aromatic carbocycles. The Bertz CT molecular complexity index is 62.0. The van der Waals surface area contributed by atoms with Crippen molar-refractivity contribution >= 4 is 5.97 Å². The molecule has 0 radical (unpaired) electrons. The Morgan fingerprint density at radius 1 is 1.56 bits per heavy atom. The van der Waals surface area contributed by atoms with Crippen molar-refractivity contribution in [2.45, 2.75) is 6.42 Å². The SMILES string of the molecule is CO.COC(=O)CCO. The topological polar surface area (TPSA) is 66.8 Å². The molecule has 0 aliphatic carbocycles. The zero-order valence-electron chi connectivity index (χ0n) is 5.63. The highest BCUT2D eigenvalue weighted by atomic mass is 16.5. The van der Waals surface area contributed by atoms with Crippen molar-refractivity contribution in [1.82, 2.24) is 0 Å². The molecule has 4 nitrogen and oxygen atoms in total. The first-order valence-corrected chi connectivity index (χ1v) is 2.43. The number of hydrogen-bond acceptors (Lipinski definition) is 4. The number of aliphatic hydroxyl groups is 2. The molecule has 0 saturated heterocycles. The highest BCUT2D eigenvalue weighted by Crippen LogP contribution is 1.78. The summed E-state index contributed by atoms with van der Waals surface area (Å²) in [5.74, 6) is -0.373. The van der Waals surface area contributed by atoms with Gasteiger partial charge in [0.15, 0.2) is 0 Å². The maximum atomic E-state index is 10.0. The molecule has 56 valence electrons. The summed E-state index contributed by atoms with van der Waals surface area (Å²) < 4.78 is 4.19. The predicted molar refractivity (Wildman–Crippen MR) is 31.9 cm³/mol. The molecule has 0 atom stereocenters.